The first-order chi connectivity index (χ1) is 13.9. The van der Waals surface area contributed by atoms with Gasteiger partial charge in [0.15, 0.2) is 5.16 Å². The first-order valence-corrected chi connectivity index (χ1v) is 10.6. The SMILES string of the molecule is Cc1cccc(CSc2nc(=O)c3c(n2C)NC(=O)CC3c2cccc(C)c2)c1. The van der Waals surface area contributed by atoms with E-state index in [0.29, 0.717) is 22.3 Å². The number of aromatic nitrogens is 2. The molecule has 1 aromatic heterocycles. The van der Waals surface area contributed by atoms with Crippen molar-refractivity contribution in [3.63, 3.8) is 0 Å². The summed E-state index contributed by atoms with van der Waals surface area (Å²) in [5.74, 6) is 0.899. The predicted octanol–water partition coefficient (Wildman–Crippen LogP) is 4.16. The quantitative estimate of drug-likeness (QED) is 0.523. The van der Waals surface area contributed by atoms with E-state index < -0.39 is 0 Å². The molecule has 1 amide bonds. The van der Waals surface area contributed by atoms with Gasteiger partial charge in [-0.2, -0.15) is 4.98 Å². The molecule has 0 fully saturated rings. The van der Waals surface area contributed by atoms with Gasteiger partial charge in [-0.05, 0) is 25.0 Å². The number of aryl methyl sites for hydroxylation is 2. The Morgan fingerprint density at radius 1 is 1.10 bits per heavy atom. The smallest absolute Gasteiger partial charge is 0.279 e. The average molecular weight is 406 g/mol. The molecule has 29 heavy (non-hydrogen) atoms. The summed E-state index contributed by atoms with van der Waals surface area (Å²) in [6.07, 6.45) is 0.253. The van der Waals surface area contributed by atoms with Crippen molar-refractivity contribution < 1.29 is 4.79 Å². The van der Waals surface area contributed by atoms with E-state index in [1.807, 2.05) is 48.9 Å². The van der Waals surface area contributed by atoms with Crippen molar-refractivity contribution in [3.05, 3.63) is 86.7 Å². The van der Waals surface area contributed by atoms with Crippen LogP contribution in [0.2, 0.25) is 0 Å². The molecule has 1 N–H and O–H groups in total. The monoisotopic (exact) mass is 405 g/mol. The maximum Gasteiger partial charge on any atom is 0.279 e. The second-order valence-corrected chi connectivity index (χ2v) is 8.46. The van der Waals surface area contributed by atoms with E-state index >= 15 is 0 Å². The molecule has 1 aliphatic rings. The number of carbonyl (C=O) groups is 1. The highest BCUT2D eigenvalue weighted by Crippen LogP contribution is 2.36. The first kappa shape index (κ1) is 19.5. The number of benzene rings is 2. The summed E-state index contributed by atoms with van der Waals surface area (Å²) in [4.78, 5) is 29.8. The largest absolute Gasteiger partial charge is 0.312 e. The molecule has 0 aliphatic carbocycles. The van der Waals surface area contributed by atoms with Crippen LogP contribution in [0, 0.1) is 13.8 Å². The highest BCUT2D eigenvalue weighted by Gasteiger charge is 2.32. The molecule has 1 unspecified atom stereocenters. The van der Waals surface area contributed by atoms with Crippen molar-refractivity contribution in [2.24, 2.45) is 7.05 Å². The summed E-state index contributed by atoms with van der Waals surface area (Å²) in [6, 6.07) is 16.2. The van der Waals surface area contributed by atoms with Crippen molar-refractivity contribution in [1.29, 1.82) is 0 Å². The second kappa shape index (κ2) is 7.87. The molecule has 148 valence electrons. The van der Waals surface area contributed by atoms with Crippen LogP contribution in [-0.2, 0) is 17.6 Å². The topological polar surface area (TPSA) is 64.0 Å². The third-order valence-electron chi connectivity index (χ3n) is 5.20. The molecule has 1 aliphatic heterocycles. The minimum atomic E-state index is -0.277. The summed E-state index contributed by atoms with van der Waals surface area (Å²) in [6.45, 7) is 4.07. The van der Waals surface area contributed by atoms with Gasteiger partial charge >= 0.3 is 0 Å². The maximum atomic E-state index is 13.0. The molecular weight excluding hydrogens is 382 g/mol. The summed E-state index contributed by atoms with van der Waals surface area (Å²) in [5.41, 5.74) is 4.74. The summed E-state index contributed by atoms with van der Waals surface area (Å²) >= 11 is 1.50. The van der Waals surface area contributed by atoms with Crippen molar-refractivity contribution in [1.82, 2.24) is 9.55 Å². The Morgan fingerprint density at radius 2 is 1.83 bits per heavy atom. The van der Waals surface area contributed by atoms with Gasteiger partial charge in [0.25, 0.3) is 5.56 Å². The van der Waals surface area contributed by atoms with Gasteiger partial charge in [-0.25, -0.2) is 0 Å². The Labute approximate surface area is 174 Å². The molecule has 5 nitrogen and oxygen atoms in total. The Hall–Kier alpha value is -2.86. The van der Waals surface area contributed by atoms with Crippen LogP contribution >= 0.6 is 11.8 Å². The second-order valence-electron chi connectivity index (χ2n) is 7.52. The van der Waals surface area contributed by atoms with Crippen molar-refractivity contribution >= 4 is 23.5 Å². The number of thioether (sulfide) groups is 1. The Balaban J connectivity index is 1.72. The molecule has 0 saturated heterocycles. The summed E-state index contributed by atoms with van der Waals surface area (Å²) in [5, 5.41) is 3.50. The number of hydrogen-bond donors (Lipinski definition) is 1. The number of rotatable bonds is 4. The van der Waals surface area contributed by atoms with Crippen molar-refractivity contribution in [2.45, 2.75) is 37.1 Å². The summed E-state index contributed by atoms with van der Waals surface area (Å²) < 4.78 is 1.83. The van der Waals surface area contributed by atoms with E-state index in [9.17, 15) is 9.59 Å². The van der Waals surface area contributed by atoms with E-state index in [2.05, 4.69) is 35.4 Å². The van der Waals surface area contributed by atoms with Gasteiger partial charge in [-0.1, -0.05) is 71.4 Å². The number of amides is 1. The Kier molecular flexibility index (Phi) is 5.28. The van der Waals surface area contributed by atoms with Crippen LogP contribution in [0.3, 0.4) is 0 Å². The molecule has 2 heterocycles. The molecule has 0 spiro atoms. The van der Waals surface area contributed by atoms with Gasteiger partial charge in [-0.3, -0.25) is 9.59 Å². The predicted molar refractivity (Wildman–Crippen MR) is 116 cm³/mol. The molecule has 4 rings (SSSR count). The van der Waals surface area contributed by atoms with Crippen LogP contribution in [0.15, 0.2) is 58.5 Å². The normalized spacial score (nSPS) is 15.7. The third kappa shape index (κ3) is 3.98. The first-order valence-electron chi connectivity index (χ1n) is 9.58. The lowest BCUT2D eigenvalue weighted by Crippen LogP contribution is -2.33. The highest BCUT2D eigenvalue weighted by atomic mass is 32.2. The molecule has 1 atom stereocenters. The number of nitrogens with one attached hydrogen (secondary N) is 1. The average Bonchev–Trinajstić information content (AvgIpc) is 2.69. The lowest BCUT2D eigenvalue weighted by Gasteiger charge is -2.27. The molecule has 6 heteroatoms. The van der Waals surface area contributed by atoms with Gasteiger partial charge in [0.05, 0.1) is 5.56 Å². The van der Waals surface area contributed by atoms with Gasteiger partial charge in [0.1, 0.15) is 5.82 Å². The third-order valence-corrected chi connectivity index (χ3v) is 6.30. The number of fused-ring (bicyclic) bond motifs is 1. The zero-order valence-electron chi connectivity index (χ0n) is 16.7. The number of hydrogen-bond acceptors (Lipinski definition) is 4. The number of anilines is 1. The minimum Gasteiger partial charge on any atom is -0.312 e. The van der Waals surface area contributed by atoms with Gasteiger partial charge in [0.2, 0.25) is 5.91 Å². The molecular formula is C23H23N3O2S. The number of carbonyl (C=O) groups excluding carboxylic acids is 1. The van der Waals surface area contributed by atoms with Crippen LogP contribution in [0.4, 0.5) is 5.82 Å². The van der Waals surface area contributed by atoms with E-state index in [-0.39, 0.29) is 23.8 Å². The van der Waals surface area contributed by atoms with Crippen LogP contribution in [0.25, 0.3) is 0 Å². The van der Waals surface area contributed by atoms with Crippen LogP contribution in [-0.4, -0.2) is 15.5 Å². The lowest BCUT2D eigenvalue weighted by atomic mass is 9.86. The molecule has 3 aromatic rings. The van der Waals surface area contributed by atoms with Crippen LogP contribution < -0.4 is 10.9 Å². The fourth-order valence-electron chi connectivity index (χ4n) is 3.79. The fraction of sp³-hybridized carbons (Fsp3) is 0.261. The van der Waals surface area contributed by atoms with Gasteiger partial charge in [-0.15, -0.1) is 0 Å². The van der Waals surface area contributed by atoms with Crippen molar-refractivity contribution in [2.75, 3.05) is 5.32 Å². The highest BCUT2D eigenvalue weighted by molar-refractivity contribution is 7.98. The Bertz CT molecular complexity index is 1150. The molecule has 2 aromatic carbocycles. The molecule has 0 saturated carbocycles. The molecule has 0 radical (unpaired) electrons. The van der Waals surface area contributed by atoms with Crippen LogP contribution in [0.5, 0.6) is 0 Å². The lowest BCUT2D eigenvalue weighted by molar-refractivity contribution is -0.116. The number of nitrogens with zero attached hydrogens (tertiary/aromatic N) is 2. The zero-order chi connectivity index (χ0) is 20.5. The fourth-order valence-corrected chi connectivity index (χ4v) is 4.69. The minimum absolute atomic E-state index is 0.0835. The Morgan fingerprint density at radius 3 is 2.55 bits per heavy atom. The van der Waals surface area contributed by atoms with E-state index in [1.165, 1.54) is 22.9 Å². The summed E-state index contributed by atoms with van der Waals surface area (Å²) in [7, 11) is 1.85. The van der Waals surface area contributed by atoms with Crippen LogP contribution in [0.1, 0.15) is 40.2 Å². The van der Waals surface area contributed by atoms with E-state index in [1.54, 1.807) is 0 Å². The van der Waals surface area contributed by atoms with Crippen molar-refractivity contribution in [3.8, 4) is 0 Å². The maximum absolute atomic E-state index is 13.0. The van der Waals surface area contributed by atoms with E-state index in [0.717, 1.165) is 11.1 Å². The van der Waals surface area contributed by atoms with Gasteiger partial charge < -0.3 is 9.88 Å². The van der Waals surface area contributed by atoms with E-state index in [4.69, 9.17) is 0 Å². The van der Waals surface area contributed by atoms with Gasteiger partial charge in [0, 0.05) is 25.1 Å². The molecule has 0 bridgehead atoms. The zero-order valence-corrected chi connectivity index (χ0v) is 17.5. The standard InChI is InChI=1S/C23H23N3O2S/c1-14-6-4-8-16(10-14)13-29-23-25-22(28)20-18(17-9-5-7-15(2)11-17)12-19(27)24-21(20)26(23)3/h4-11,18H,12-13H2,1-3H3,(H,24,27).